The molecule has 0 radical (unpaired) electrons. The molecule has 0 saturated heterocycles. The van der Waals surface area contributed by atoms with Crippen LogP contribution in [-0.2, 0) is 6.54 Å². The Kier molecular flexibility index (Phi) is 4.92. The van der Waals surface area contributed by atoms with Crippen LogP contribution < -0.4 is 10.6 Å². The summed E-state index contributed by atoms with van der Waals surface area (Å²) in [6.07, 6.45) is 3.77. The van der Waals surface area contributed by atoms with Gasteiger partial charge in [-0.25, -0.2) is 4.98 Å². The number of rotatable bonds is 5. The quantitative estimate of drug-likeness (QED) is 0.493. The fourth-order valence-electron chi connectivity index (χ4n) is 0.921. The molecule has 1 rings (SSSR count). The molecule has 0 aliphatic carbocycles. The topological polar surface area (TPSA) is 65.6 Å². The van der Waals surface area contributed by atoms with Crippen LogP contribution in [0.3, 0.4) is 0 Å². The number of thiocarbonyl (C=S) groups is 1. The summed E-state index contributed by atoms with van der Waals surface area (Å²) >= 11 is 5.06. The molecular formula is C8H15N5S. The zero-order chi connectivity index (χ0) is 10.2. The molecule has 0 aliphatic heterocycles. The Bertz CT molecular complexity index is 259. The summed E-state index contributed by atoms with van der Waals surface area (Å²) in [6.45, 7) is 3.64. The molecule has 0 aromatic carbocycles. The third-order valence-corrected chi connectivity index (χ3v) is 1.99. The Balaban J connectivity index is 2.09. The summed E-state index contributed by atoms with van der Waals surface area (Å²) in [5.74, 6) is 0.782. The lowest BCUT2D eigenvalue weighted by Gasteiger charge is -2.07. The first-order chi connectivity index (χ1) is 6.83. The maximum atomic E-state index is 5.06. The second-order valence-electron chi connectivity index (χ2n) is 2.90. The van der Waals surface area contributed by atoms with Crippen LogP contribution in [0.2, 0.25) is 0 Å². The number of nitrogens with zero attached hydrogens (tertiary/aromatic N) is 2. The number of H-pyrrole nitrogens is 1. The first-order valence-corrected chi connectivity index (χ1v) is 5.09. The van der Waals surface area contributed by atoms with E-state index in [2.05, 4.69) is 32.7 Å². The van der Waals surface area contributed by atoms with Crippen molar-refractivity contribution >= 4 is 17.3 Å². The van der Waals surface area contributed by atoms with Gasteiger partial charge >= 0.3 is 0 Å². The minimum atomic E-state index is 0.581. The maximum Gasteiger partial charge on any atom is 0.166 e. The Morgan fingerprint density at radius 3 is 3.07 bits per heavy atom. The zero-order valence-electron chi connectivity index (χ0n) is 8.21. The second kappa shape index (κ2) is 6.31. The van der Waals surface area contributed by atoms with Crippen molar-refractivity contribution in [1.29, 1.82) is 0 Å². The van der Waals surface area contributed by atoms with Crippen molar-refractivity contribution in [1.82, 2.24) is 25.8 Å². The molecule has 0 fully saturated rings. The van der Waals surface area contributed by atoms with Gasteiger partial charge in [0.2, 0.25) is 0 Å². The number of aromatic amines is 1. The number of hydrogen-bond donors (Lipinski definition) is 3. The third kappa shape index (κ3) is 4.18. The smallest absolute Gasteiger partial charge is 0.166 e. The van der Waals surface area contributed by atoms with Gasteiger partial charge in [-0.05, 0) is 18.6 Å². The van der Waals surface area contributed by atoms with Crippen molar-refractivity contribution in [3.05, 3.63) is 12.2 Å². The van der Waals surface area contributed by atoms with Crippen LogP contribution in [0.25, 0.3) is 0 Å². The zero-order valence-corrected chi connectivity index (χ0v) is 9.02. The Morgan fingerprint density at radius 1 is 1.57 bits per heavy atom. The van der Waals surface area contributed by atoms with E-state index in [0.29, 0.717) is 11.7 Å². The standard InChI is InChI=1S/C8H15N5S/c1-2-3-4-9-8(14)10-5-7-11-6-12-13-7/h6H,2-5H2,1H3,(H2,9,10,14)(H,11,12,13). The Morgan fingerprint density at radius 2 is 2.43 bits per heavy atom. The number of aromatic nitrogens is 3. The lowest BCUT2D eigenvalue weighted by molar-refractivity contribution is 0.732. The van der Waals surface area contributed by atoms with E-state index in [0.717, 1.165) is 25.2 Å². The number of nitrogens with one attached hydrogen (secondary N) is 3. The van der Waals surface area contributed by atoms with Crippen LogP contribution in [0.4, 0.5) is 0 Å². The van der Waals surface area contributed by atoms with E-state index >= 15 is 0 Å². The molecule has 6 heteroatoms. The summed E-state index contributed by atoms with van der Waals surface area (Å²) in [4.78, 5) is 3.97. The summed E-state index contributed by atoms with van der Waals surface area (Å²) < 4.78 is 0. The average molecular weight is 213 g/mol. The van der Waals surface area contributed by atoms with E-state index in [1.807, 2.05) is 0 Å². The minimum Gasteiger partial charge on any atom is -0.363 e. The molecule has 0 amide bonds. The first kappa shape index (κ1) is 10.9. The van der Waals surface area contributed by atoms with Gasteiger partial charge in [-0.15, -0.1) is 0 Å². The third-order valence-electron chi connectivity index (χ3n) is 1.70. The van der Waals surface area contributed by atoms with Gasteiger partial charge in [0.1, 0.15) is 12.2 Å². The van der Waals surface area contributed by atoms with Gasteiger partial charge < -0.3 is 10.6 Å². The Labute approximate surface area is 88.7 Å². The van der Waals surface area contributed by atoms with Crippen molar-refractivity contribution in [2.24, 2.45) is 0 Å². The van der Waals surface area contributed by atoms with Gasteiger partial charge in [0, 0.05) is 6.54 Å². The minimum absolute atomic E-state index is 0.581. The summed E-state index contributed by atoms with van der Waals surface area (Å²) in [5.41, 5.74) is 0. The highest BCUT2D eigenvalue weighted by atomic mass is 32.1. The molecule has 0 saturated carbocycles. The number of hydrogen-bond acceptors (Lipinski definition) is 3. The Hall–Kier alpha value is -1.17. The lowest BCUT2D eigenvalue weighted by atomic mass is 10.3. The molecule has 1 heterocycles. The largest absolute Gasteiger partial charge is 0.363 e. The molecule has 0 atom stereocenters. The predicted octanol–water partition coefficient (Wildman–Crippen LogP) is 0.569. The molecule has 14 heavy (non-hydrogen) atoms. The highest BCUT2D eigenvalue weighted by molar-refractivity contribution is 7.80. The molecule has 1 aromatic rings. The van der Waals surface area contributed by atoms with Crippen molar-refractivity contribution < 1.29 is 0 Å². The summed E-state index contributed by atoms with van der Waals surface area (Å²) in [5, 5.41) is 13.3. The van der Waals surface area contributed by atoms with E-state index in [-0.39, 0.29) is 0 Å². The van der Waals surface area contributed by atoms with Crippen molar-refractivity contribution in [3.63, 3.8) is 0 Å². The maximum absolute atomic E-state index is 5.06. The van der Waals surface area contributed by atoms with E-state index in [4.69, 9.17) is 12.2 Å². The lowest BCUT2D eigenvalue weighted by Crippen LogP contribution is -2.35. The van der Waals surface area contributed by atoms with Crippen LogP contribution in [-0.4, -0.2) is 26.8 Å². The monoisotopic (exact) mass is 213 g/mol. The van der Waals surface area contributed by atoms with Crippen LogP contribution in [0.15, 0.2) is 6.33 Å². The van der Waals surface area contributed by atoms with Gasteiger partial charge in [0.25, 0.3) is 0 Å². The molecule has 0 spiro atoms. The van der Waals surface area contributed by atoms with E-state index < -0.39 is 0 Å². The number of unbranched alkanes of at least 4 members (excludes halogenated alkanes) is 1. The van der Waals surface area contributed by atoms with Gasteiger partial charge in [-0.1, -0.05) is 13.3 Å². The summed E-state index contributed by atoms with van der Waals surface area (Å²) in [6, 6.07) is 0. The molecule has 3 N–H and O–H groups in total. The van der Waals surface area contributed by atoms with Crippen LogP contribution >= 0.6 is 12.2 Å². The molecule has 0 bridgehead atoms. The van der Waals surface area contributed by atoms with Crippen LogP contribution in [0, 0.1) is 0 Å². The molecule has 5 nitrogen and oxygen atoms in total. The second-order valence-corrected chi connectivity index (χ2v) is 3.30. The highest BCUT2D eigenvalue weighted by Gasteiger charge is 1.96. The predicted molar refractivity (Wildman–Crippen MR) is 58.7 cm³/mol. The molecule has 1 aromatic heterocycles. The van der Waals surface area contributed by atoms with Crippen molar-refractivity contribution in [2.75, 3.05) is 6.54 Å². The van der Waals surface area contributed by atoms with E-state index in [1.54, 1.807) is 0 Å². The average Bonchev–Trinajstić information content (AvgIpc) is 2.68. The van der Waals surface area contributed by atoms with Gasteiger partial charge in [0.15, 0.2) is 5.11 Å². The van der Waals surface area contributed by atoms with Crippen LogP contribution in [0.5, 0.6) is 0 Å². The SMILES string of the molecule is CCCCNC(=S)NCc1ncn[nH]1. The van der Waals surface area contributed by atoms with Crippen LogP contribution in [0.1, 0.15) is 25.6 Å². The van der Waals surface area contributed by atoms with Gasteiger partial charge in [0.05, 0.1) is 6.54 Å². The molecule has 78 valence electrons. The van der Waals surface area contributed by atoms with E-state index in [1.165, 1.54) is 6.33 Å². The fraction of sp³-hybridized carbons (Fsp3) is 0.625. The fourth-order valence-corrected chi connectivity index (χ4v) is 1.10. The molecule has 0 unspecified atom stereocenters. The normalized spacial score (nSPS) is 9.79. The van der Waals surface area contributed by atoms with E-state index in [9.17, 15) is 0 Å². The van der Waals surface area contributed by atoms with Gasteiger partial charge in [-0.3, -0.25) is 5.10 Å². The van der Waals surface area contributed by atoms with Crippen molar-refractivity contribution in [2.45, 2.75) is 26.3 Å². The first-order valence-electron chi connectivity index (χ1n) is 4.69. The summed E-state index contributed by atoms with van der Waals surface area (Å²) in [7, 11) is 0. The molecular weight excluding hydrogens is 198 g/mol. The highest BCUT2D eigenvalue weighted by Crippen LogP contribution is 1.85. The molecule has 0 aliphatic rings. The van der Waals surface area contributed by atoms with Gasteiger partial charge in [-0.2, -0.15) is 5.10 Å². The van der Waals surface area contributed by atoms with Crippen molar-refractivity contribution in [3.8, 4) is 0 Å².